The number of halogens is 2. The normalized spacial score (nSPS) is 12.7. The highest BCUT2D eigenvalue weighted by Gasteiger charge is 2.11. The fourth-order valence-corrected chi connectivity index (χ4v) is 1.55. The maximum atomic E-state index is 13.0. The van der Waals surface area contributed by atoms with E-state index in [2.05, 4.69) is 10.1 Å². The third kappa shape index (κ3) is 2.81. The van der Waals surface area contributed by atoms with Crippen molar-refractivity contribution < 1.29 is 8.91 Å². The molecule has 0 fully saturated rings. The molecule has 17 heavy (non-hydrogen) atoms. The van der Waals surface area contributed by atoms with Crippen molar-refractivity contribution in [2.45, 2.75) is 19.4 Å². The summed E-state index contributed by atoms with van der Waals surface area (Å²) in [7, 11) is 0. The molecule has 4 nitrogen and oxygen atoms in total. The van der Waals surface area contributed by atoms with Crippen LogP contribution in [-0.4, -0.2) is 16.2 Å². The van der Waals surface area contributed by atoms with Crippen LogP contribution in [0.25, 0.3) is 11.4 Å². The smallest absolute Gasteiger partial charge is 0.228 e. The molecule has 1 heterocycles. The van der Waals surface area contributed by atoms with Gasteiger partial charge in [-0.05, 0) is 25.1 Å². The molecule has 1 atom stereocenters. The van der Waals surface area contributed by atoms with Crippen LogP contribution in [0.2, 0.25) is 5.02 Å². The zero-order valence-electron chi connectivity index (χ0n) is 9.15. The average Bonchev–Trinajstić information content (AvgIpc) is 2.69. The summed E-state index contributed by atoms with van der Waals surface area (Å²) in [6.07, 6.45) is 0.502. The number of hydrogen-bond acceptors (Lipinski definition) is 4. The van der Waals surface area contributed by atoms with Crippen LogP contribution in [0.3, 0.4) is 0 Å². The molecule has 0 saturated carbocycles. The van der Waals surface area contributed by atoms with Crippen LogP contribution in [-0.2, 0) is 6.42 Å². The Hall–Kier alpha value is -1.46. The molecule has 0 aliphatic heterocycles. The standard InChI is InChI=1S/C11H11ClFN3O/c1-6(14)4-10-15-11(16-17-10)7-2-3-9(13)8(12)5-7/h2-3,5-6H,4,14H2,1H3. The molecule has 2 aromatic rings. The van der Waals surface area contributed by atoms with Crippen LogP contribution in [0.1, 0.15) is 12.8 Å². The Morgan fingerprint density at radius 3 is 2.94 bits per heavy atom. The first-order valence-corrected chi connectivity index (χ1v) is 5.47. The molecule has 2 N–H and O–H groups in total. The SMILES string of the molecule is CC(N)Cc1nc(-c2ccc(F)c(Cl)c2)no1. The van der Waals surface area contributed by atoms with Crippen molar-refractivity contribution in [2.75, 3.05) is 0 Å². The Labute approximate surface area is 103 Å². The molecular weight excluding hydrogens is 245 g/mol. The quantitative estimate of drug-likeness (QED) is 0.915. The molecule has 1 unspecified atom stereocenters. The topological polar surface area (TPSA) is 64.9 Å². The molecule has 6 heteroatoms. The van der Waals surface area contributed by atoms with Gasteiger partial charge in [-0.3, -0.25) is 0 Å². The molecule has 0 amide bonds. The Morgan fingerprint density at radius 2 is 2.29 bits per heavy atom. The van der Waals surface area contributed by atoms with Crippen LogP contribution in [0, 0.1) is 5.82 Å². The van der Waals surface area contributed by atoms with Crippen LogP contribution in [0.4, 0.5) is 4.39 Å². The lowest BCUT2D eigenvalue weighted by Crippen LogP contribution is -2.17. The molecule has 1 aromatic heterocycles. The summed E-state index contributed by atoms with van der Waals surface area (Å²) in [6, 6.07) is 4.21. The Kier molecular flexibility index (Phi) is 3.40. The maximum Gasteiger partial charge on any atom is 0.228 e. The number of hydrogen-bond donors (Lipinski definition) is 1. The van der Waals surface area contributed by atoms with Crippen molar-refractivity contribution in [1.29, 1.82) is 0 Å². The van der Waals surface area contributed by atoms with E-state index in [0.29, 0.717) is 23.7 Å². The first-order valence-electron chi connectivity index (χ1n) is 5.10. The molecule has 1 aromatic carbocycles. The third-order valence-corrected chi connectivity index (χ3v) is 2.43. The number of benzene rings is 1. The zero-order valence-corrected chi connectivity index (χ0v) is 9.91. The molecule has 90 valence electrons. The minimum Gasteiger partial charge on any atom is -0.339 e. The minimum absolute atomic E-state index is 0.0287. The van der Waals surface area contributed by atoms with E-state index in [-0.39, 0.29) is 11.1 Å². The molecule has 2 rings (SSSR count). The van der Waals surface area contributed by atoms with Gasteiger partial charge in [0.1, 0.15) is 5.82 Å². The van der Waals surface area contributed by atoms with Crippen LogP contribution in [0.15, 0.2) is 22.7 Å². The van der Waals surface area contributed by atoms with Crippen LogP contribution >= 0.6 is 11.6 Å². The second-order valence-corrected chi connectivity index (χ2v) is 4.23. The van der Waals surface area contributed by atoms with Gasteiger partial charge in [0, 0.05) is 18.0 Å². The number of nitrogens with zero attached hydrogens (tertiary/aromatic N) is 2. The summed E-state index contributed by atoms with van der Waals surface area (Å²) in [4.78, 5) is 4.15. The van der Waals surface area contributed by atoms with Gasteiger partial charge in [0.05, 0.1) is 5.02 Å². The fourth-order valence-electron chi connectivity index (χ4n) is 1.37. The average molecular weight is 256 g/mol. The molecule has 0 radical (unpaired) electrons. The molecule has 0 spiro atoms. The molecular formula is C11H11ClFN3O. The molecule has 0 bridgehead atoms. The monoisotopic (exact) mass is 255 g/mol. The van der Waals surface area contributed by atoms with Gasteiger partial charge in [0.25, 0.3) is 0 Å². The van der Waals surface area contributed by atoms with Gasteiger partial charge >= 0.3 is 0 Å². The van der Waals surface area contributed by atoms with Crippen molar-refractivity contribution in [3.63, 3.8) is 0 Å². The first kappa shape index (κ1) is 12.0. The van der Waals surface area contributed by atoms with Crippen molar-refractivity contribution in [2.24, 2.45) is 5.73 Å². The third-order valence-electron chi connectivity index (χ3n) is 2.14. The summed E-state index contributed by atoms with van der Waals surface area (Å²) in [5.41, 5.74) is 6.23. The lowest BCUT2D eigenvalue weighted by Gasteiger charge is -1.97. The van der Waals surface area contributed by atoms with Gasteiger partial charge in [-0.1, -0.05) is 16.8 Å². The number of aromatic nitrogens is 2. The molecule has 0 aliphatic carbocycles. The van der Waals surface area contributed by atoms with E-state index in [1.807, 2.05) is 6.92 Å². The highest BCUT2D eigenvalue weighted by atomic mass is 35.5. The van der Waals surface area contributed by atoms with Gasteiger partial charge < -0.3 is 10.3 Å². The van der Waals surface area contributed by atoms with E-state index < -0.39 is 5.82 Å². The maximum absolute atomic E-state index is 13.0. The first-order chi connectivity index (χ1) is 8.06. The molecule has 0 aliphatic rings. The second kappa shape index (κ2) is 4.81. The van der Waals surface area contributed by atoms with E-state index >= 15 is 0 Å². The lowest BCUT2D eigenvalue weighted by atomic mass is 10.2. The summed E-state index contributed by atoms with van der Waals surface area (Å²) in [5.74, 6) is 0.354. The largest absolute Gasteiger partial charge is 0.339 e. The summed E-state index contributed by atoms with van der Waals surface area (Å²) < 4.78 is 18.0. The number of rotatable bonds is 3. The van der Waals surface area contributed by atoms with Gasteiger partial charge in [0.2, 0.25) is 11.7 Å². The lowest BCUT2D eigenvalue weighted by molar-refractivity contribution is 0.372. The van der Waals surface area contributed by atoms with E-state index in [0.717, 1.165) is 0 Å². The van der Waals surface area contributed by atoms with Crippen molar-refractivity contribution in [3.05, 3.63) is 34.9 Å². The van der Waals surface area contributed by atoms with Crippen LogP contribution in [0.5, 0.6) is 0 Å². The van der Waals surface area contributed by atoms with Crippen molar-refractivity contribution >= 4 is 11.6 Å². The van der Waals surface area contributed by atoms with Gasteiger partial charge in [-0.15, -0.1) is 0 Å². The minimum atomic E-state index is -0.477. The Bertz CT molecular complexity index is 527. The fraction of sp³-hybridized carbons (Fsp3) is 0.273. The highest BCUT2D eigenvalue weighted by molar-refractivity contribution is 6.31. The van der Waals surface area contributed by atoms with E-state index in [1.54, 1.807) is 6.07 Å². The summed E-state index contributed by atoms with van der Waals surface area (Å²) in [6.45, 7) is 1.85. The predicted octanol–water partition coefficient (Wildman–Crippen LogP) is 2.42. The zero-order chi connectivity index (χ0) is 12.4. The van der Waals surface area contributed by atoms with Crippen LogP contribution < -0.4 is 5.73 Å². The predicted molar refractivity (Wildman–Crippen MR) is 62.1 cm³/mol. The van der Waals surface area contributed by atoms with Gasteiger partial charge in [-0.2, -0.15) is 4.98 Å². The summed E-state index contributed by atoms with van der Waals surface area (Å²) in [5, 5.41) is 3.82. The van der Waals surface area contributed by atoms with E-state index in [1.165, 1.54) is 12.1 Å². The van der Waals surface area contributed by atoms with Gasteiger partial charge in [0.15, 0.2) is 0 Å². The van der Waals surface area contributed by atoms with Crippen molar-refractivity contribution in [3.8, 4) is 11.4 Å². The van der Waals surface area contributed by atoms with Crippen molar-refractivity contribution in [1.82, 2.24) is 10.1 Å². The molecule has 0 saturated heterocycles. The summed E-state index contributed by atoms with van der Waals surface area (Å²) >= 11 is 5.67. The Balaban J connectivity index is 2.27. The van der Waals surface area contributed by atoms with Gasteiger partial charge in [-0.25, -0.2) is 4.39 Å². The Morgan fingerprint density at radius 1 is 1.53 bits per heavy atom. The van der Waals surface area contributed by atoms with E-state index in [9.17, 15) is 4.39 Å². The highest BCUT2D eigenvalue weighted by Crippen LogP contribution is 2.22. The number of nitrogens with two attached hydrogens (primary N) is 1. The van der Waals surface area contributed by atoms with E-state index in [4.69, 9.17) is 21.9 Å². The second-order valence-electron chi connectivity index (χ2n) is 3.82.